The van der Waals surface area contributed by atoms with Crippen LogP contribution in [0.2, 0.25) is 0 Å². The molecule has 0 radical (unpaired) electrons. The average Bonchev–Trinajstić information content (AvgIpc) is 2.76. The number of urea groups is 1. The lowest BCUT2D eigenvalue weighted by Gasteiger charge is -2.22. The molecule has 0 spiro atoms. The minimum atomic E-state index is -4.91. The second kappa shape index (κ2) is 7.20. The minimum absolute atomic E-state index is 0.0820. The SMILES string of the molecule is CC1(c2ccc(OC(F)(F)F)cc2)NC(=O)N(CC(=O)NCC(F)(F)F)C1=O. The minimum Gasteiger partial charge on any atom is -0.406 e. The van der Waals surface area contributed by atoms with E-state index in [1.54, 1.807) is 0 Å². The first-order chi connectivity index (χ1) is 12.7. The van der Waals surface area contributed by atoms with Gasteiger partial charge in [0.2, 0.25) is 5.91 Å². The molecule has 7 nitrogen and oxygen atoms in total. The van der Waals surface area contributed by atoms with E-state index >= 15 is 0 Å². The van der Waals surface area contributed by atoms with Gasteiger partial charge in [0.1, 0.15) is 24.4 Å². The topological polar surface area (TPSA) is 87.7 Å². The van der Waals surface area contributed by atoms with E-state index in [-0.39, 0.29) is 5.56 Å². The normalized spacial score (nSPS) is 20.2. The molecular weight excluding hydrogens is 400 g/mol. The van der Waals surface area contributed by atoms with Crippen molar-refractivity contribution in [1.29, 1.82) is 0 Å². The number of halogens is 6. The van der Waals surface area contributed by atoms with Crippen molar-refractivity contribution >= 4 is 17.8 Å². The Labute approximate surface area is 153 Å². The van der Waals surface area contributed by atoms with Crippen molar-refractivity contribution in [3.8, 4) is 5.75 Å². The summed E-state index contributed by atoms with van der Waals surface area (Å²) in [6.07, 6.45) is -9.58. The highest BCUT2D eigenvalue weighted by Gasteiger charge is 2.49. The number of amides is 4. The Morgan fingerprint density at radius 1 is 1.14 bits per heavy atom. The number of nitrogens with zero attached hydrogens (tertiary/aromatic N) is 1. The molecular formula is C15H13F6N3O4. The van der Waals surface area contributed by atoms with Crippen LogP contribution in [-0.4, -0.2) is 48.4 Å². The van der Waals surface area contributed by atoms with Gasteiger partial charge in [0.05, 0.1) is 0 Å². The average molecular weight is 413 g/mol. The molecule has 2 N–H and O–H groups in total. The molecule has 1 fully saturated rings. The van der Waals surface area contributed by atoms with Crippen LogP contribution in [0.4, 0.5) is 31.1 Å². The Hall–Kier alpha value is -2.99. The third-order valence-corrected chi connectivity index (χ3v) is 3.73. The Kier molecular flexibility index (Phi) is 5.48. The zero-order valence-electron chi connectivity index (χ0n) is 14.1. The summed E-state index contributed by atoms with van der Waals surface area (Å²) in [5.41, 5.74) is -1.64. The monoisotopic (exact) mass is 413 g/mol. The standard InChI is InChI=1S/C15H13F6N3O4/c1-13(8-2-4-9(5-3-8)28-15(19,20)21)11(26)24(12(27)23-13)6-10(25)22-7-14(16,17)18/h2-5H,6-7H2,1H3,(H,22,25)(H,23,27). The largest absolute Gasteiger partial charge is 0.573 e. The number of imide groups is 1. The van der Waals surface area contributed by atoms with Gasteiger partial charge in [-0.3, -0.25) is 14.5 Å². The summed E-state index contributed by atoms with van der Waals surface area (Å²) in [6, 6.07) is 3.02. The van der Waals surface area contributed by atoms with Crippen molar-refractivity contribution in [2.75, 3.05) is 13.1 Å². The van der Waals surface area contributed by atoms with Gasteiger partial charge in [0.15, 0.2) is 0 Å². The van der Waals surface area contributed by atoms with Gasteiger partial charge < -0.3 is 15.4 Å². The third kappa shape index (κ3) is 5.04. The highest BCUT2D eigenvalue weighted by molar-refractivity contribution is 6.09. The molecule has 1 unspecified atom stereocenters. The Balaban J connectivity index is 2.11. The van der Waals surface area contributed by atoms with Crippen LogP contribution >= 0.6 is 0 Å². The first-order valence-electron chi connectivity index (χ1n) is 7.55. The van der Waals surface area contributed by atoms with Crippen LogP contribution in [0.3, 0.4) is 0 Å². The molecule has 1 heterocycles. The number of benzene rings is 1. The second-order valence-corrected chi connectivity index (χ2v) is 5.91. The van der Waals surface area contributed by atoms with Gasteiger partial charge in [0.25, 0.3) is 5.91 Å². The second-order valence-electron chi connectivity index (χ2n) is 5.91. The van der Waals surface area contributed by atoms with Crippen molar-refractivity contribution in [2.45, 2.75) is 25.0 Å². The zero-order valence-corrected chi connectivity index (χ0v) is 14.1. The predicted molar refractivity (Wildman–Crippen MR) is 79.8 cm³/mol. The molecule has 2 rings (SSSR count). The molecule has 154 valence electrons. The molecule has 1 aliphatic heterocycles. The molecule has 0 aromatic heterocycles. The molecule has 1 saturated heterocycles. The number of rotatable bonds is 5. The molecule has 0 aliphatic carbocycles. The van der Waals surface area contributed by atoms with Crippen molar-refractivity contribution < 1.29 is 45.5 Å². The molecule has 1 atom stereocenters. The smallest absolute Gasteiger partial charge is 0.406 e. The molecule has 1 aliphatic rings. The van der Waals surface area contributed by atoms with E-state index in [1.807, 2.05) is 0 Å². The number of carbonyl (C=O) groups is 3. The fraction of sp³-hybridized carbons (Fsp3) is 0.400. The predicted octanol–water partition coefficient (Wildman–Crippen LogP) is 2.03. The summed E-state index contributed by atoms with van der Waals surface area (Å²) in [4.78, 5) is 36.5. The van der Waals surface area contributed by atoms with Gasteiger partial charge >= 0.3 is 18.6 Å². The Morgan fingerprint density at radius 3 is 2.21 bits per heavy atom. The Morgan fingerprint density at radius 2 is 1.71 bits per heavy atom. The van der Waals surface area contributed by atoms with E-state index in [1.165, 1.54) is 12.2 Å². The molecule has 28 heavy (non-hydrogen) atoms. The first-order valence-corrected chi connectivity index (χ1v) is 7.55. The lowest BCUT2D eigenvalue weighted by molar-refractivity contribution is -0.274. The van der Waals surface area contributed by atoms with Gasteiger partial charge in [0, 0.05) is 0 Å². The van der Waals surface area contributed by atoms with Crippen molar-refractivity contribution in [3.05, 3.63) is 29.8 Å². The van der Waals surface area contributed by atoms with Gasteiger partial charge in [-0.1, -0.05) is 12.1 Å². The lowest BCUT2D eigenvalue weighted by atomic mass is 9.92. The zero-order chi connectivity index (χ0) is 21.3. The molecule has 1 aromatic carbocycles. The summed E-state index contributed by atoms with van der Waals surface area (Å²) in [6.45, 7) is -1.35. The third-order valence-electron chi connectivity index (χ3n) is 3.73. The van der Waals surface area contributed by atoms with E-state index in [2.05, 4.69) is 10.1 Å². The maximum Gasteiger partial charge on any atom is 0.573 e. The maximum atomic E-state index is 12.5. The number of carbonyl (C=O) groups excluding carboxylic acids is 3. The van der Waals surface area contributed by atoms with E-state index in [0.29, 0.717) is 4.90 Å². The molecule has 1 aromatic rings. The van der Waals surface area contributed by atoms with E-state index in [4.69, 9.17) is 0 Å². The lowest BCUT2D eigenvalue weighted by Crippen LogP contribution is -2.44. The van der Waals surface area contributed by atoms with Crippen LogP contribution in [-0.2, 0) is 15.1 Å². The molecule has 4 amide bonds. The van der Waals surface area contributed by atoms with Gasteiger partial charge in [-0.15, -0.1) is 13.2 Å². The maximum absolute atomic E-state index is 12.5. The van der Waals surface area contributed by atoms with Crippen molar-refractivity contribution in [2.24, 2.45) is 0 Å². The summed E-state index contributed by atoms with van der Waals surface area (Å²) in [5.74, 6) is -2.72. The van der Waals surface area contributed by atoms with Gasteiger partial charge in [-0.05, 0) is 24.6 Å². The van der Waals surface area contributed by atoms with Crippen molar-refractivity contribution in [3.63, 3.8) is 0 Å². The number of alkyl halides is 6. The number of nitrogens with one attached hydrogen (secondary N) is 2. The van der Waals surface area contributed by atoms with E-state index in [9.17, 15) is 40.7 Å². The quantitative estimate of drug-likeness (QED) is 0.571. The number of ether oxygens (including phenoxy) is 1. The highest BCUT2D eigenvalue weighted by Crippen LogP contribution is 2.31. The summed E-state index contributed by atoms with van der Waals surface area (Å²) in [5, 5.41) is 3.79. The van der Waals surface area contributed by atoms with Gasteiger partial charge in [-0.2, -0.15) is 13.2 Å². The summed E-state index contributed by atoms with van der Waals surface area (Å²) >= 11 is 0. The highest BCUT2D eigenvalue weighted by atomic mass is 19.4. The van der Waals surface area contributed by atoms with Gasteiger partial charge in [-0.25, -0.2) is 4.79 Å². The van der Waals surface area contributed by atoms with Crippen LogP contribution in [0, 0.1) is 0 Å². The fourth-order valence-corrected chi connectivity index (χ4v) is 2.42. The van der Waals surface area contributed by atoms with Crippen LogP contribution < -0.4 is 15.4 Å². The molecule has 13 heteroatoms. The number of hydrogen-bond donors (Lipinski definition) is 2. The molecule has 0 bridgehead atoms. The van der Waals surface area contributed by atoms with E-state index < -0.39 is 54.8 Å². The van der Waals surface area contributed by atoms with Crippen LogP contribution in [0.1, 0.15) is 12.5 Å². The summed E-state index contributed by atoms with van der Waals surface area (Å²) < 4.78 is 76.6. The Bertz CT molecular complexity index is 777. The van der Waals surface area contributed by atoms with Crippen molar-refractivity contribution in [1.82, 2.24) is 15.5 Å². The fourth-order valence-electron chi connectivity index (χ4n) is 2.42. The first kappa shape index (κ1) is 21.3. The van der Waals surface area contributed by atoms with E-state index in [0.717, 1.165) is 24.3 Å². The number of hydrogen-bond acceptors (Lipinski definition) is 4. The van der Waals surface area contributed by atoms with Crippen LogP contribution in [0.25, 0.3) is 0 Å². The van der Waals surface area contributed by atoms with Crippen LogP contribution in [0.15, 0.2) is 24.3 Å². The van der Waals surface area contributed by atoms with Crippen LogP contribution in [0.5, 0.6) is 5.75 Å². The molecule has 0 saturated carbocycles. The summed E-state index contributed by atoms with van der Waals surface area (Å²) in [7, 11) is 0.